The lowest BCUT2D eigenvalue weighted by molar-refractivity contribution is 0.0600. The Labute approximate surface area is 175 Å². The summed E-state index contributed by atoms with van der Waals surface area (Å²) in [5, 5.41) is 9.91. The molecular weight excluding hydrogens is 405 g/mol. The van der Waals surface area contributed by atoms with E-state index < -0.39 is 21.5 Å². The van der Waals surface area contributed by atoms with Crippen molar-refractivity contribution in [1.29, 1.82) is 5.26 Å². The van der Waals surface area contributed by atoms with Gasteiger partial charge in [0.2, 0.25) is 0 Å². The zero-order valence-corrected chi connectivity index (χ0v) is 17.7. The van der Waals surface area contributed by atoms with Crippen LogP contribution in [0.5, 0.6) is 0 Å². The number of halogens is 1. The molecule has 1 unspecified atom stereocenters. The van der Waals surface area contributed by atoms with Crippen molar-refractivity contribution in [2.75, 3.05) is 19.9 Å². The summed E-state index contributed by atoms with van der Waals surface area (Å²) in [5.74, 6) is 2.79. The van der Waals surface area contributed by atoms with Crippen LogP contribution in [0.25, 0.3) is 11.3 Å². The molecule has 1 aromatic heterocycles. The second-order valence-electron chi connectivity index (χ2n) is 7.82. The van der Waals surface area contributed by atoms with Gasteiger partial charge in [0.15, 0.2) is 0 Å². The molecule has 0 radical (unpaired) electrons. The molecule has 4 rings (SSSR count). The predicted octanol–water partition coefficient (Wildman–Crippen LogP) is 3.04. The number of rotatable bonds is 4. The molecule has 156 valence electrons. The molecule has 1 saturated carbocycles. The number of pyridine rings is 1. The van der Waals surface area contributed by atoms with Crippen molar-refractivity contribution in [2.45, 2.75) is 31.7 Å². The molecule has 2 aliphatic rings. The molecule has 8 heteroatoms. The van der Waals surface area contributed by atoms with Crippen LogP contribution in [-0.4, -0.2) is 45.2 Å². The number of hydrogen-bond donors (Lipinski definition) is 0. The normalized spacial score (nSPS) is 18.2. The van der Waals surface area contributed by atoms with Gasteiger partial charge in [0, 0.05) is 46.2 Å². The van der Waals surface area contributed by atoms with E-state index in [4.69, 9.17) is 4.98 Å². The lowest BCUT2D eigenvalue weighted by Crippen LogP contribution is -2.36. The van der Waals surface area contributed by atoms with E-state index >= 15 is 0 Å². The second kappa shape index (κ2) is 7.49. The van der Waals surface area contributed by atoms with Crippen LogP contribution in [0.15, 0.2) is 18.2 Å². The predicted molar refractivity (Wildman–Crippen MR) is 113 cm³/mol. The zero-order chi connectivity index (χ0) is 21.6. The number of aromatic nitrogens is 1. The summed E-state index contributed by atoms with van der Waals surface area (Å²) >= 11 is 0. The molecule has 2 aromatic rings. The Hall–Kier alpha value is -2.76. The first-order valence-electron chi connectivity index (χ1n) is 9.66. The number of benzene rings is 1. The molecule has 1 aromatic carbocycles. The van der Waals surface area contributed by atoms with Gasteiger partial charge in [-0.05, 0) is 54.5 Å². The number of carbonyl (C=O) groups excluding carboxylic acids is 1. The van der Waals surface area contributed by atoms with Gasteiger partial charge in [0.1, 0.15) is 11.9 Å². The third-order valence-electron chi connectivity index (χ3n) is 5.66. The van der Waals surface area contributed by atoms with E-state index in [-0.39, 0.29) is 17.0 Å². The number of hydrogen-bond acceptors (Lipinski definition) is 5. The van der Waals surface area contributed by atoms with E-state index in [1.165, 1.54) is 19.2 Å². The van der Waals surface area contributed by atoms with E-state index in [0.717, 1.165) is 35.7 Å². The molecule has 0 bridgehead atoms. The maximum absolute atomic E-state index is 14.9. The lowest BCUT2D eigenvalue weighted by atomic mass is 9.90. The van der Waals surface area contributed by atoms with Gasteiger partial charge in [0.05, 0.1) is 23.9 Å². The maximum atomic E-state index is 14.9. The highest BCUT2D eigenvalue weighted by Crippen LogP contribution is 2.45. The Bertz CT molecular complexity index is 1200. The molecule has 0 spiro atoms. The summed E-state index contributed by atoms with van der Waals surface area (Å²) < 4.78 is 33.9. The summed E-state index contributed by atoms with van der Waals surface area (Å²) in [5.41, 5.74) is 3.54. The van der Waals surface area contributed by atoms with Gasteiger partial charge in [-0.3, -0.25) is 9.19 Å². The van der Waals surface area contributed by atoms with E-state index in [1.807, 2.05) is 4.31 Å². The molecular formula is C22H22FN3O3S. The van der Waals surface area contributed by atoms with Crippen LogP contribution < -0.4 is 0 Å². The van der Waals surface area contributed by atoms with Gasteiger partial charge in [-0.25, -0.2) is 13.5 Å². The van der Waals surface area contributed by atoms with E-state index in [2.05, 4.69) is 16.7 Å². The molecule has 1 aliphatic carbocycles. The van der Waals surface area contributed by atoms with Crippen LogP contribution in [0.1, 0.15) is 51.5 Å². The molecule has 0 saturated heterocycles. The van der Waals surface area contributed by atoms with E-state index in [1.54, 1.807) is 6.26 Å². The quantitative estimate of drug-likeness (QED) is 0.553. The Kier molecular flexibility index (Phi) is 5.12. The van der Waals surface area contributed by atoms with Crippen LogP contribution in [-0.2, 0) is 27.4 Å². The highest BCUT2D eigenvalue weighted by Gasteiger charge is 2.35. The summed E-state index contributed by atoms with van der Waals surface area (Å²) in [4.78, 5) is 16.4. The van der Waals surface area contributed by atoms with Gasteiger partial charge in [-0.2, -0.15) is 5.26 Å². The minimum atomic E-state index is -2.38. The van der Waals surface area contributed by atoms with Crippen LogP contribution in [0.4, 0.5) is 4.39 Å². The molecule has 2 heterocycles. The van der Waals surface area contributed by atoms with Crippen molar-refractivity contribution in [3.63, 3.8) is 0 Å². The van der Waals surface area contributed by atoms with Crippen molar-refractivity contribution >= 4 is 21.5 Å². The first kappa shape index (κ1) is 20.5. The number of fused-ring (bicyclic) bond motifs is 1. The highest BCUT2D eigenvalue weighted by molar-refractivity contribution is 7.97. The molecule has 0 amide bonds. The first-order chi connectivity index (χ1) is 14.2. The first-order valence-corrected chi connectivity index (χ1v) is 11.7. The van der Waals surface area contributed by atoms with Crippen LogP contribution in [0.3, 0.4) is 0 Å². The van der Waals surface area contributed by atoms with Crippen molar-refractivity contribution in [1.82, 2.24) is 9.29 Å². The monoisotopic (exact) mass is 427 g/mol. The highest BCUT2D eigenvalue weighted by atomic mass is 32.2. The fourth-order valence-electron chi connectivity index (χ4n) is 3.93. The Balaban J connectivity index is 1.88. The number of ether oxygens (including phenoxy) is 1. The number of carbonyl (C=O) groups is 1. The smallest absolute Gasteiger partial charge is 0.337 e. The minimum Gasteiger partial charge on any atom is -0.465 e. The van der Waals surface area contributed by atoms with E-state index in [0.29, 0.717) is 30.8 Å². The van der Waals surface area contributed by atoms with Gasteiger partial charge in [-0.1, -0.05) is 0 Å². The number of nitrogens with zero attached hydrogens (tertiary/aromatic N) is 3. The largest absolute Gasteiger partial charge is 0.465 e. The standard InChI is InChI=1S/C22H22FN3O3S/c1-29-22(27)14-6-7-16(19(23)10-14)21-17(11-24)15-8-9-26(30(2,3)28)12-18(15)20(25-21)13-4-5-13/h6-7,10,13H,2,4-5,8-9,12H2,1,3H3. The summed E-state index contributed by atoms with van der Waals surface area (Å²) in [6.45, 7) is 0.934. The second-order valence-corrected chi connectivity index (χ2v) is 10.3. The number of nitriles is 1. The Morgan fingerprint density at radius 2 is 2.13 bits per heavy atom. The summed E-state index contributed by atoms with van der Waals surface area (Å²) in [7, 11) is -1.14. The Morgan fingerprint density at radius 1 is 1.40 bits per heavy atom. The maximum Gasteiger partial charge on any atom is 0.337 e. The molecule has 1 aliphatic heterocycles. The molecule has 0 N–H and O–H groups in total. The van der Waals surface area contributed by atoms with Gasteiger partial charge < -0.3 is 4.74 Å². The average Bonchev–Trinajstić information content (AvgIpc) is 3.56. The van der Waals surface area contributed by atoms with Crippen molar-refractivity contribution in [2.24, 2.45) is 0 Å². The Morgan fingerprint density at radius 3 is 2.70 bits per heavy atom. The van der Waals surface area contributed by atoms with Crippen LogP contribution in [0, 0.1) is 17.1 Å². The third kappa shape index (κ3) is 3.59. The summed E-state index contributed by atoms with van der Waals surface area (Å²) in [6.07, 6.45) is 4.11. The lowest BCUT2D eigenvalue weighted by Gasteiger charge is -2.32. The van der Waals surface area contributed by atoms with E-state index in [9.17, 15) is 18.7 Å². The number of esters is 1. The minimum absolute atomic E-state index is 0.0985. The third-order valence-corrected chi connectivity index (χ3v) is 7.06. The molecule has 30 heavy (non-hydrogen) atoms. The molecule has 1 fully saturated rings. The van der Waals surface area contributed by atoms with Crippen molar-refractivity contribution in [3.05, 3.63) is 52.0 Å². The zero-order valence-electron chi connectivity index (χ0n) is 16.9. The van der Waals surface area contributed by atoms with Gasteiger partial charge in [-0.15, -0.1) is 0 Å². The average molecular weight is 428 g/mol. The molecule has 6 nitrogen and oxygen atoms in total. The summed E-state index contributed by atoms with van der Waals surface area (Å²) in [6, 6.07) is 6.26. The van der Waals surface area contributed by atoms with Gasteiger partial charge in [0.25, 0.3) is 0 Å². The fourth-order valence-corrected chi connectivity index (χ4v) is 4.81. The number of methoxy groups -OCH3 is 1. The SMILES string of the molecule is C=S(C)(=O)N1CCc2c(C#N)c(-c3ccc(C(=O)OC)cc3F)nc(C3CC3)c2C1. The van der Waals surface area contributed by atoms with Crippen molar-refractivity contribution < 1.29 is 18.1 Å². The topological polar surface area (TPSA) is 83.3 Å². The van der Waals surface area contributed by atoms with Crippen LogP contribution in [0.2, 0.25) is 0 Å². The molecule has 1 atom stereocenters. The van der Waals surface area contributed by atoms with Crippen LogP contribution >= 0.6 is 0 Å². The van der Waals surface area contributed by atoms with Gasteiger partial charge >= 0.3 is 5.97 Å². The fraction of sp³-hybridized carbons (Fsp3) is 0.364. The van der Waals surface area contributed by atoms with Crippen molar-refractivity contribution in [3.8, 4) is 17.3 Å².